The molecular weight excluding hydrogens is 686 g/mol. The van der Waals surface area contributed by atoms with Gasteiger partial charge in [0.1, 0.15) is 0 Å². The molecule has 2 unspecified atom stereocenters. The minimum Gasteiger partial charge on any atom is -0.449 e. The van der Waals surface area contributed by atoms with Gasteiger partial charge in [-0.3, -0.25) is 0 Å². The fourth-order valence-electron chi connectivity index (χ4n) is 4.24. The van der Waals surface area contributed by atoms with Crippen molar-refractivity contribution in [3.8, 4) is 0 Å². The monoisotopic (exact) mass is 720 g/mol. The van der Waals surface area contributed by atoms with Gasteiger partial charge in [-0.15, -0.1) is 0 Å². The second-order valence-electron chi connectivity index (χ2n) is 10.8. The molecule has 0 saturated carbocycles. The molecule has 0 radical (unpaired) electrons. The summed E-state index contributed by atoms with van der Waals surface area (Å²) in [6, 6.07) is 9.72. The second kappa shape index (κ2) is 17.1. The lowest BCUT2D eigenvalue weighted by atomic mass is 9.89. The minimum absolute atomic E-state index is 0.0146. The summed E-state index contributed by atoms with van der Waals surface area (Å²) in [4.78, 5) is 26.7. The van der Waals surface area contributed by atoms with Gasteiger partial charge < -0.3 is 31.6 Å². The molecular formula is C30H36Cl4N4O4S2. The van der Waals surface area contributed by atoms with Gasteiger partial charge in [-0.25, -0.2) is 9.59 Å². The number of hydrogen-bond donors (Lipinski definition) is 4. The van der Waals surface area contributed by atoms with Crippen LogP contribution >= 0.6 is 70.8 Å². The first-order chi connectivity index (χ1) is 20.5. The van der Waals surface area contributed by atoms with E-state index in [0.29, 0.717) is 21.2 Å². The van der Waals surface area contributed by atoms with E-state index in [2.05, 4.69) is 10.6 Å². The van der Waals surface area contributed by atoms with E-state index in [1.807, 2.05) is 27.7 Å². The van der Waals surface area contributed by atoms with E-state index < -0.39 is 23.1 Å². The summed E-state index contributed by atoms with van der Waals surface area (Å²) < 4.78 is 11.9. The molecule has 0 aliphatic heterocycles. The van der Waals surface area contributed by atoms with Crippen molar-refractivity contribution in [1.29, 1.82) is 0 Å². The van der Waals surface area contributed by atoms with Crippen LogP contribution in [0.25, 0.3) is 0 Å². The highest BCUT2D eigenvalue weighted by Gasteiger charge is 2.39. The number of hydrogen-bond acceptors (Lipinski definition) is 8. The molecule has 0 amide bonds. The lowest BCUT2D eigenvalue weighted by molar-refractivity contribution is -0.157. The topological polar surface area (TPSA) is 129 Å². The number of rotatable bonds is 16. The van der Waals surface area contributed by atoms with E-state index >= 15 is 0 Å². The first-order valence-electron chi connectivity index (χ1n) is 13.6. The number of carbonyl (C=O) groups excluding carboxylic acids is 2. The zero-order chi connectivity index (χ0) is 33.2. The number of halogens is 4. The van der Waals surface area contributed by atoms with E-state index in [9.17, 15) is 9.59 Å². The molecule has 14 heteroatoms. The van der Waals surface area contributed by atoms with Crippen molar-refractivity contribution in [2.24, 2.45) is 11.5 Å². The fourth-order valence-corrected chi connectivity index (χ4v) is 5.31. The third kappa shape index (κ3) is 11.4. The number of esters is 2. The van der Waals surface area contributed by atoms with Gasteiger partial charge in [0.05, 0.1) is 30.1 Å². The Hall–Kier alpha value is -2.02. The average molecular weight is 723 g/mol. The smallest absolute Gasteiger partial charge is 0.331 e. The largest absolute Gasteiger partial charge is 0.449 e. The van der Waals surface area contributed by atoms with Crippen molar-refractivity contribution in [3.05, 3.63) is 79.8 Å². The first-order valence-corrected chi connectivity index (χ1v) is 15.9. The summed E-state index contributed by atoms with van der Waals surface area (Å²) in [6.07, 6.45) is 1.89. The summed E-state index contributed by atoms with van der Waals surface area (Å²) in [6.45, 7) is 8.00. The van der Waals surface area contributed by atoms with Gasteiger partial charge in [-0.1, -0.05) is 111 Å². The number of ether oxygens (including phenoxy) is 2. The van der Waals surface area contributed by atoms with Crippen molar-refractivity contribution in [2.75, 3.05) is 13.1 Å². The zero-order valence-electron chi connectivity index (χ0n) is 24.7. The molecule has 8 nitrogen and oxygen atoms in total. The molecule has 2 aromatic rings. The molecule has 0 fully saturated rings. The van der Waals surface area contributed by atoms with Crippen molar-refractivity contribution in [2.45, 2.75) is 63.8 Å². The van der Waals surface area contributed by atoms with Crippen LogP contribution in [-0.2, 0) is 30.3 Å². The molecule has 2 rings (SSSR count). The Bertz CT molecular complexity index is 1310. The Morgan fingerprint density at radius 3 is 1.34 bits per heavy atom. The maximum absolute atomic E-state index is 13.3. The van der Waals surface area contributed by atoms with Crippen LogP contribution in [0.3, 0.4) is 0 Å². The Morgan fingerprint density at radius 2 is 1.07 bits per heavy atom. The fraction of sp³-hybridized carbons (Fsp3) is 0.400. The van der Waals surface area contributed by atoms with Gasteiger partial charge in [0.15, 0.2) is 11.2 Å². The van der Waals surface area contributed by atoms with Crippen LogP contribution in [0.4, 0.5) is 0 Å². The third-order valence-corrected chi connectivity index (χ3v) is 8.12. The summed E-state index contributed by atoms with van der Waals surface area (Å²) in [5.74, 6) is -1.71. The Balaban J connectivity index is 2.46. The van der Waals surface area contributed by atoms with E-state index in [0.717, 1.165) is 12.2 Å². The summed E-state index contributed by atoms with van der Waals surface area (Å²) >= 11 is 35.3. The predicted molar refractivity (Wildman–Crippen MR) is 187 cm³/mol. The highest BCUT2D eigenvalue weighted by Crippen LogP contribution is 2.36. The lowest BCUT2D eigenvalue weighted by Gasteiger charge is -2.35. The Morgan fingerprint density at radius 1 is 0.727 bits per heavy atom. The van der Waals surface area contributed by atoms with E-state index in [1.165, 1.54) is 0 Å². The van der Waals surface area contributed by atoms with Crippen LogP contribution in [-0.4, -0.2) is 47.1 Å². The molecule has 2 atom stereocenters. The maximum atomic E-state index is 13.3. The zero-order valence-corrected chi connectivity index (χ0v) is 29.4. The second-order valence-corrected chi connectivity index (χ2v) is 13.5. The van der Waals surface area contributed by atoms with Gasteiger partial charge in [-0.05, 0) is 35.4 Å². The third-order valence-electron chi connectivity index (χ3n) is 6.35. The maximum Gasteiger partial charge on any atom is 0.331 e. The predicted octanol–water partition coefficient (Wildman–Crippen LogP) is 6.38. The molecule has 0 bridgehead atoms. The summed E-state index contributed by atoms with van der Waals surface area (Å²) in [7, 11) is 0. The van der Waals surface area contributed by atoms with Crippen LogP contribution < -0.4 is 22.1 Å². The molecule has 2 aromatic carbocycles. The molecule has 0 aromatic heterocycles. The lowest BCUT2D eigenvalue weighted by Crippen LogP contribution is -2.46. The van der Waals surface area contributed by atoms with Crippen molar-refractivity contribution < 1.29 is 19.1 Å². The molecule has 44 heavy (non-hydrogen) atoms. The van der Waals surface area contributed by atoms with E-state index in [-0.39, 0.29) is 58.0 Å². The van der Waals surface area contributed by atoms with Crippen LogP contribution in [0.15, 0.2) is 48.6 Å². The molecule has 0 aliphatic carbocycles. The van der Waals surface area contributed by atoms with Gasteiger partial charge in [0.2, 0.25) is 0 Å². The van der Waals surface area contributed by atoms with E-state index in [4.69, 9.17) is 91.8 Å². The number of nitrogens with two attached hydrogens (primary N) is 2. The van der Waals surface area contributed by atoms with Crippen LogP contribution in [0.5, 0.6) is 0 Å². The molecule has 6 N–H and O–H groups in total. The molecule has 0 aliphatic rings. The van der Waals surface area contributed by atoms with Crippen LogP contribution in [0.1, 0.15) is 51.7 Å². The number of nitrogens with one attached hydrogen (secondary N) is 2. The number of benzene rings is 2. The van der Waals surface area contributed by atoms with Gasteiger partial charge in [0, 0.05) is 50.2 Å². The first kappa shape index (κ1) is 38.2. The highest BCUT2D eigenvalue weighted by molar-refractivity contribution is 7.80. The van der Waals surface area contributed by atoms with Gasteiger partial charge in [-0.2, -0.15) is 0 Å². The van der Waals surface area contributed by atoms with Gasteiger partial charge in [0.25, 0.3) is 0 Å². The molecule has 240 valence electrons. The quantitative estimate of drug-likeness (QED) is 0.0881. The highest BCUT2D eigenvalue weighted by atomic mass is 35.5. The van der Waals surface area contributed by atoms with E-state index in [1.54, 1.807) is 36.4 Å². The minimum atomic E-state index is -1.37. The van der Waals surface area contributed by atoms with Crippen molar-refractivity contribution in [1.82, 2.24) is 10.6 Å². The summed E-state index contributed by atoms with van der Waals surface area (Å²) in [5.41, 5.74) is 10.2. The molecule has 0 saturated heterocycles. The number of thiocarbonyl (C=S) groups is 2. The normalized spacial score (nSPS) is 14.3. The Kier molecular flexibility index (Phi) is 14.8. The average Bonchev–Trinajstić information content (AvgIpc) is 2.91. The molecule has 0 spiro atoms. The standard InChI is InChI=1S/C30H36Cl4N4O4S2/c1-17(2)37-15-29(13-25(35)43,19-5-7-21(31)23(33)11-19)41-27(39)9-10-28(40)42-30(14-26(36)44,16-38-18(3)4)20-6-8-22(32)24(34)12-20/h5-12,17-18,37-38H,13-16H2,1-4H3,(H2,35,43)(H2,36,44)/b10-9+. The van der Waals surface area contributed by atoms with Crippen molar-refractivity contribution >= 4 is 92.8 Å². The summed E-state index contributed by atoms with van der Waals surface area (Å²) in [5, 5.41) is 7.66. The molecule has 0 heterocycles. The van der Waals surface area contributed by atoms with Gasteiger partial charge >= 0.3 is 11.9 Å². The van der Waals surface area contributed by atoms with Crippen LogP contribution in [0.2, 0.25) is 20.1 Å². The SMILES string of the molecule is CC(C)NCC(CC(N)=S)(OC(=O)/C=C/C(=O)OC(CNC(C)C)(CC(N)=S)c1ccc(Cl)c(Cl)c1)c1ccc(Cl)c(Cl)c1. The van der Waals surface area contributed by atoms with Crippen molar-refractivity contribution in [3.63, 3.8) is 0 Å². The number of carbonyl (C=O) groups is 2. The Labute approximate surface area is 289 Å². The van der Waals surface area contributed by atoms with Crippen LogP contribution in [0, 0.1) is 0 Å².